The first-order valence-corrected chi connectivity index (χ1v) is 26.5. The van der Waals surface area contributed by atoms with Crippen molar-refractivity contribution in [1.29, 1.82) is 0 Å². The van der Waals surface area contributed by atoms with E-state index in [1.165, 1.54) is 12.4 Å². The summed E-state index contributed by atoms with van der Waals surface area (Å²) in [7, 11) is 8.36. The number of aliphatic hydroxyl groups excluding tert-OH is 1. The minimum Gasteiger partial charge on any atom is -0.444 e. The van der Waals surface area contributed by atoms with Crippen LogP contribution in [-0.2, 0) is 14.0 Å². The molecule has 2 atom stereocenters. The van der Waals surface area contributed by atoms with Gasteiger partial charge in [-0.3, -0.25) is 19.6 Å². The summed E-state index contributed by atoms with van der Waals surface area (Å²) in [6.45, 7) is 8.23. The lowest BCUT2D eigenvalue weighted by Gasteiger charge is -2.34. The van der Waals surface area contributed by atoms with Gasteiger partial charge < -0.3 is 30.7 Å². The van der Waals surface area contributed by atoms with Gasteiger partial charge in [0, 0.05) is 103 Å². The third-order valence-electron chi connectivity index (χ3n) is 10.5. The van der Waals surface area contributed by atoms with Crippen molar-refractivity contribution in [3.05, 3.63) is 141 Å². The van der Waals surface area contributed by atoms with Gasteiger partial charge in [-0.2, -0.15) is 0 Å². The molecule has 4 aromatic carbocycles. The summed E-state index contributed by atoms with van der Waals surface area (Å²) in [5.41, 5.74) is 5.69. The lowest BCUT2D eigenvalue weighted by molar-refractivity contribution is 0.0185. The molecule has 0 saturated carbocycles. The Bertz CT molecular complexity index is 2730. The average Bonchev–Trinajstić information content (AvgIpc) is 3.35. The van der Waals surface area contributed by atoms with E-state index in [1.807, 2.05) is 69.3 Å². The fourth-order valence-electron chi connectivity index (χ4n) is 7.33. The van der Waals surface area contributed by atoms with Gasteiger partial charge in [-0.1, -0.05) is 94.9 Å². The van der Waals surface area contributed by atoms with Crippen LogP contribution in [0.2, 0.25) is 20.1 Å². The molecule has 2 aliphatic rings. The van der Waals surface area contributed by atoms with Crippen molar-refractivity contribution in [2.45, 2.75) is 64.1 Å². The van der Waals surface area contributed by atoms with E-state index in [0.717, 1.165) is 68.1 Å². The number of ether oxygens (including phenoxy) is 1. The van der Waals surface area contributed by atoms with E-state index < -0.39 is 14.8 Å². The molecule has 6 aromatic rings. The Morgan fingerprint density at radius 1 is 0.639 bits per heavy atom. The molecule has 384 valence electrons. The first-order valence-electron chi connectivity index (χ1n) is 22.2. The fourth-order valence-corrected chi connectivity index (χ4v) is 7.84. The number of carbonyl (C=O) groups excluding carboxylic acids is 3. The number of carbonyl (C=O) groups is 3. The first kappa shape index (κ1) is 59.9. The van der Waals surface area contributed by atoms with E-state index in [9.17, 15) is 14.4 Å². The number of nitrogens with zero attached hydrogens (tertiary/aromatic N) is 5. The number of halogens is 7. The lowest BCUT2D eigenvalue weighted by Crippen LogP contribution is -2.50. The van der Waals surface area contributed by atoms with Crippen molar-refractivity contribution in [2.24, 2.45) is 0 Å². The van der Waals surface area contributed by atoms with Crippen LogP contribution < -0.4 is 16.0 Å². The van der Waals surface area contributed by atoms with Crippen molar-refractivity contribution >= 4 is 107 Å². The number of piperidine rings is 2. The van der Waals surface area contributed by atoms with Crippen molar-refractivity contribution in [1.82, 2.24) is 40.8 Å². The van der Waals surface area contributed by atoms with Crippen molar-refractivity contribution < 1.29 is 28.4 Å². The molecular formula is C50H53Cl7N8O6S. The number of rotatable bonds is 8. The van der Waals surface area contributed by atoms with E-state index in [2.05, 4.69) is 57.3 Å². The number of nitrogens with one attached hydrogen (secondary N) is 3. The average molecular weight is 1140 g/mol. The van der Waals surface area contributed by atoms with Crippen LogP contribution in [0, 0.1) is 0 Å². The molecule has 2 unspecified atom stereocenters. The molecule has 0 aliphatic carbocycles. The van der Waals surface area contributed by atoms with Crippen LogP contribution >= 0.6 is 80.2 Å². The maximum atomic E-state index is 13.2. The molecule has 2 aliphatic heterocycles. The molecule has 4 N–H and O–H groups in total. The number of hydrogen-bond acceptors (Lipinski definition) is 11. The second kappa shape index (κ2) is 29.3. The molecule has 0 radical (unpaired) electrons. The summed E-state index contributed by atoms with van der Waals surface area (Å²) in [6.07, 6.45) is 6.13. The van der Waals surface area contributed by atoms with Gasteiger partial charge in [-0.25, -0.2) is 19.0 Å². The van der Waals surface area contributed by atoms with E-state index >= 15 is 0 Å². The summed E-state index contributed by atoms with van der Waals surface area (Å²) in [6, 6.07) is 29.1. The van der Waals surface area contributed by atoms with Gasteiger partial charge in [0.1, 0.15) is 17.0 Å². The van der Waals surface area contributed by atoms with Crippen LogP contribution in [0.5, 0.6) is 0 Å². The van der Waals surface area contributed by atoms with Crippen molar-refractivity contribution in [2.75, 3.05) is 33.3 Å². The van der Waals surface area contributed by atoms with Crippen molar-refractivity contribution in [3.63, 3.8) is 0 Å². The van der Waals surface area contributed by atoms with E-state index in [0.29, 0.717) is 61.6 Å². The zero-order valence-electron chi connectivity index (χ0n) is 39.5. The second-order valence-electron chi connectivity index (χ2n) is 16.9. The van der Waals surface area contributed by atoms with E-state index in [1.54, 1.807) is 53.4 Å². The molecule has 0 spiro atoms. The summed E-state index contributed by atoms with van der Waals surface area (Å²) >= 11 is 24.2. The third-order valence-corrected chi connectivity index (χ3v) is 11.5. The van der Waals surface area contributed by atoms with Crippen LogP contribution in [0.15, 0.2) is 109 Å². The number of likely N-dealkylation sites (tertiary alicyclic amines) is 1. The molecule has 14 nitrogen and oxygen atoms in total. The Morgan fingerprint density at radius 3 is 1.36 bits per heavy atom. The summed E-state index contributed by atoms with van der Waals surface area (Å²) < 4.78 is 14.6. The molecule has 2 aromatic heterocycles. The molecule has 72 heavy (non-hydrogen) atoms. The van der Waals surface area contributed by atoms with Gasteiger partial charge >= 0.3 is 6.09 Å². The molecule has 2 fully saturated rings. The fraction of sp³-hybridized carbons (Fsp3) is 0.300. The standard InChI is InChI=1S/C27H28Cl2N4O3.C22H20Cl2N4O.CH4O.Cl2OS.ClH/c1-27(2,3)36-26(35)33-14-4-5-21(16-33)31-25(34)22-15-30-23(17-6-10-19(28)11-7-17)24(32-22)18-8-12-20(29)13-9-18;23-16-7-3-14(4-8-16)20-21(15-5-9-17(24)10-6-15)28-19(13-26-20)22(29)27-18-2-1-11-25-12-18;1-2;1-4(2)3;/h6-13,15,21H,4-5,14,16H2,1-3H3,(H,31,34);3-10,13,18,25H,1-2,11-12H2,(H,27,29);2H,1H3;;1H. The molecule has 3 amide bonds. The summed E-state index contributed by atoms with van der Waals surface area (Å²) in [5, 5.41) is 18.8. The minimum absolute atomic E-state index is 0. The maximum Gasteiger partial charge on any atom is 0.410 e. The summed E-state index contributed by atoms with van der Waals surface area (Å²) in [4.78, 5) is 58.6. The molecule has 2 saturated heterocycles. The van der Waals surface area contributed by atoms with Crippen LogP contribution in [0.1, 0.15) is 67.4 Å². The normalized spacial score (nSPS) is 15.1. The van der Waals surface area contributed by atoms with Crippen LogP contribution in [0.25, 0.3) is 45.0 Å². The van der Waals surface area contributed by atoms with Gasteiger partial charge in [0.15, 0.2) is 0 Å². The molecule has 4 heterocycles. The Hall–Kier alpha value is -4.65. The number of aliphatic hydroxyl groups is 1. The first-order chi connectivity index (χ1) is 33.9. The zero-order chi connectivity index (χ0) is 51.7. The predicted molar refractivity (Wildman–Crippen MR) is 293 cm³/mol. The van der Waals surface area contributed by atoms with E-state index in [4.69, 9.17) is 60.5 Å². The highest BCUT2D eigenvalue weighted by Gasteiger charge is 2.29. The van der Waals surface area contributed by atoms with Crippen LogP contribution in [-0.4, -0.2) is 103 Å². The Kier molecular flexibility index (Phi) is 24.4. The smallest absolute Gasteiger partial charge is 0.410 e. The highest BCUT2D eigenvalue weighted by atomic mass is 36.0. The summed E-state index contributed by atoms with van der Waals surface area (Å²) in [5.74, 6) is -0.569. The van der Waals surface area contributed by atoms with Gasteiger partial charge in [-0.05, 0) is 102 Å². The topological polar surface area (TPSA) is 189 Å². The van der Waals surface area contributed by atoms with Gasteiger partial charge in [0.2, 0.25) is 9.23 Å². The molecule has 8 rings (SSSR count). The number of benzene rings is 4. The SMILES string of the molecule is CC(C)(C)OC(=O)N1CCCC(NC(=O)c2cnc(-c3ccc(Cl)cc3)c(-c3ccc(Cl)cc3)n2)C1.CO.Cl.O=C(NC1CCCNC1)c1cnc(-c2ccc(Cl)cc2)c(-c2ccc(Cl)cc2)n1.O=S(Cl)Cl. The van der Waals surface area contributed by atoms with E-state index in [-0.39, 0.29) is 48.1 Å². The van der Waals surface area contributed by atoms with Gasteiger partial charge in [0.25, 0.3) is 11.8 Å². The zero-order valence-corrected chi connectivity index (χ0v) is 45.7. The largest absolute Gasteiger partial charge is 0.444 e. The monoisotopic (exact) mass is 1140 g/mol. The lowest BCUT2D eigenvalue weighted by atomic mass is 10.0. The molecule has 22 heteroatoms. The predicted octanol–water partition coefficient (Wildman–Crippen LogP) is 11.9. The highest BCUT2D eigenvalue weighted by Crippen LogP contribution is 2.32. The minimum atomic E-state index is -1.67. The molecule has 0 bridgehead atoms. The Morgan fingerprint density at radius 2 is 1.00 bits per heavy atom. The highest BCUT2D eigenvalue weighted by molar-refractivity contribution is 8.26. The second-order valence-corrected chi connectivity index (χ2v) is 21.1. The van der Waals surface area contributed by atoms with Gasteiger partial charge in [-0.15, -0.1) is 12.4 Å². The number of amides is 3. The maximum absolute atomic E-state index is 13.2. The van der Waals surface area contributed by atoms with Crippen molar-refractivity contribution in [3.8, 4) is 45.0 Å². The Labute approximate surface area is 456 Å². The number of hydrogen-bond donors (Lipinski definition) is 4. The molecular weight excluding hydrogens is 1090 g/mol. The Balaban J connectivity index is 0.000000283. The van der Waals surface area contributed by atoms with Gasteiger partial charge in [0.05, 0.1) is 35.2 Å². The van der Waals surface area contributed by atoms with Crippen LogP contribution in [0.3, 0.4) is 0 Å². The number of aromatic nitrogens is 4. The third kappa shape index (κ3) is 18.7. The van der Waals surface area contributed by atoms with Crippen LogP contribution in [0.4, 0.5) is 4.79 Å². The quantitative estimate of drug-likeness (QED) is 0.106.